The molecule has 0 atom stereocenters. The average Bonchev–Trinajstić information content (AvgIpc) is 3.22. The van der Waals surface area contributed by atoms with Gasteiger partial charge in [0.05, 0.1) is 11.3 Å². The number of amides is 1. The maximum Gasteiger partial charge on any atom is 0.229 e. The first-order valence-electron chi connectivity index (χ1n) is 9.26. The van der Waals surface area contributed by atoms with Crippen LogP contribution in [0.5, 0.6) is 0 Å². The lowest BCUT2D eigenvalue weighted by Gasteiger charge is -2.31. The number of hydrogen-bond acceptors (Lipinski definition) is 6. The van der Waals surface area contributed by atoms with Crippen LogP contribution in [0.2, 0.25) is 5.02 Å². The predicted octanol–water partition coefficient (Wildman–Crippen LogP) is 4.59. The number of piperidine rings is 1. The van der Waals surface area contributed by atoms with Crippen LogP contribution in [-0.4, -0.2) is 29.0 Å². The third-order valence-corrected chi connectivity index (χ3v) is 6.04. The molecule has 1 amide bonds. The Morgan fingerprint density at radius 1 is 1.24 bits per heavy atom. The molecule has 2 aromatic heterocycles. The van der Waals surface area contributed by atoms with Crippen LogP contribution < -0.4 is 10.2 Å². The van der Waals surface area contributed by atoms with Crippen molar-refractivity contribution in [3.63, 3.8) is 0 Å². The zero-order chi connectivity index (χ0) is 20.2. The van der Waals surface area contributed by atoms with E-state index in [9.17, 15) is 4.79 Å². The highest BCUT2D eigenvalue weighted by molar-refractivity contribution is 7.14. The van der Waals surface area contributed by atoms with Gasteiger partial charge in [-0.3, -0.25) is 4.79 Å². The molecule has 8 heteroatoms. The van der Waals surface area contributed by atoms with Crippen molar-refractivity contribution in [2.24, 2.45) is 5.92 Å². The summed E-state index contributed by atoms with van der Waals surface area (Å²) in [6.07, 6.45) is 3.07. The summed E-state index contributed by atoms with van der Waals surface area (Å²) in [5.74, 6) is 0.780. The summed E-state index contributed by atoms with van der Waals surface area (Å²) in [4.78, 5) is 23.7. The summed E-state index contributed by atoms with van der Waals surface area (Å²) in [7, 11) is 0. The van der Waals surface area contributed by atoms with E-state index in [1.165, 1.54) is 11.3 Å². The Labute approximate surface area is 177 Å². The number of nitriles is 1. The van der Waals surface area contributed by atoms with E-state index in [0.717, 1.165) is 43.0 Å². The van der Waals surface area contributed by atoms with Crippen molar-refractivity contribution in [3.8, 4) is 17.3 Å². The fourth-order valence-electron chi connectivity index (χ4n) is 3.34. The smallest absolute Gasteiger partial charge is 0.229 e. The van der Waals surface area contributed by atoms with E-state index in [4.69, 9.17) is 16.9 Å². The molecule has 1 saturated heterocycles. The van der Waals surface area contributed by atoms with Gasteiger partial charge in [-0.15, -0.1) is 11.3 Å². The van der Waals surface area contributed by atoms with Crippen molar-refractivity contribution in [1.29, 1.82) is 5.26 Å². The van der Waals surface area contributed by atoms with Crippen LogP contribution in [0.4, 0.5) is 10.9 Å². The van der Waals surface area contributed by atoms with E-state index >= 15 is 0 Å². The van der Waals surface area contributed by atoms with Gasteiger partial charge >= 0.3 is 0 Å². The van der Waals surface area contributed by atoms with Gasteiger partial charge in [0, 0.05) is 41.2 Å². The number of aromatic nitrogens is 2. The Kier molecular flexibility index (Phi) is 5.74. The molecule has 3 aromatic rings. The topological polar surface area (TPSA) is 81.9 Å². The number of carbonyl (C=O) groups excluding carboxylic acids is 1. The van der Waals surface area contributed by atoms with Crippen LogP contribution in [-0.2, 0) is 4.79 Å². The molecule has 0 aliphatic carbocycles. The summed E-state index contributed by atoms with van der Waals surface area (Å²) in [6.45, 7) is 1.50. The largest absolute Gasteiger partial charge is 0.357 e. The lowest BCUT2D eigenvalue weighted by Crippen LogP contribution is -2.38. The van der Waals surface area contributed by atoms with Crippen molar-refractivity contribution < 1.29 is 4.79 Å². The van der Waals surface area contributed by atoms with Crippen LogP contribution in [0.3, 0.4) is 0 Å². The number of nitrogens with zero attached hydrogens (tertiary/aromatic N) is 4. The Morgan fingerprint density at radius 3 is 2.72 bits per heavy atom. The monoisotopic (exact) mass is 423 g/mol. The molecule has 6 nitrogen and oxygen atoms in total. The number of anilines is 2. The first kappa shape index (κ1) is 19.4. The molecule has 4 rings (SSSR count). The first-order valence-corrected chi connectivity index (χ1v) is 10.5. The number of nitrogens with one attached hydrogen (secondary N) is 1. The Balaban J connectivity index is 1.34. The number of rotatable bonds is 4. The summed E-state index contributed by atoms with van der Waals surface area (Å²) < 4.78 is 0. The van der Waals surface area contributed by atoms with Gasteiger partial charge in [0.1, 0.15) is 11.9 Å². The summed E-state index contributed by atoms with van der Waals surface area (Å²) >= 11 is 7.63. The quantitative estimate of drug-likeness (QED) is 0.663. The number of pyridine rings is 1. The first-order chi connectivity index (χ1) is 14.1. The number of thiazole rings is 1. The molecule has 0 unspecified atom stereocenters. The van der Waals surface area contributed by atoms with Gasteiger partial charge in [-0.05, 0) is 31.0 Å². The predicted molar refractivity (Wildman–Crippen MR) is 115 cm³/mol. The molecule has 1 aliphatic heterocycles. The summed E-state index contributed by atoms with van der Waals surface area (Å²) in [6, 6.07) is 13.2. The minimum Gasteiger partial charge on any atom is -0.357 e. The number of hydrogen-bond donors (Lipinski definition) is 1. The lowest BCUT2D eigenvalue weighted by atomic mass is 9.96. The molecule has 146 valence electrons. The highest BCUT2D eigenvalue weighted by atomic mass is 35.5. The maximum atomic E-state index is 12.7. The fraction of sp³-hybridized carbons (Fsp3) is 0.238. The van der Waals surface area contributed by atoms with Gasteiger partial charge in [-0.25, -0.2) is 9.97 Å². The summed E-state index contributed by atoms with van der Waals surface area (Å²) in [5, 5.41) is 14.9. The highest BCUT2D eigenvalue weighted by Gasteiger charge is 2.26. The van der Waals surface area contributed by atoms with Crippen LogP contribution >= 0.6 is 22.9 Å². The van der Waals surface area contributed by atoms with Gasteiger partial charge in [0.2, 0.25) is 5.91 Å². The third kappa shape index (κ3) is 4.39. The third-order valence-electron chi connectivity index (χ3n) is 4.95. The minimum atomic E-state index is -0.0581. The molecule has 0 bridgehead atoms. The zero-order valence-corrected chi connectivity index (χ0v) is 17.1. The lowest BCUT2D eigenvalue weighted by molar-refractivity contribution is -0.120. The second-order valence-corrected chi connectivity index (χ2v) is 8.05. The van der Waals surface area contributed by atoms with E-state index in [0.29, 0.717) is 15.7 Å². The second kappa shape index (κ2) is 8.60. The maximum absolute atomic E-state index is 12.7. The van der Waals surface area contributed by atoms with Gasteiger partial charge in [-0.2, -0.15) is 5.26 Å². The van der Waals surface area contributed by atoms with Crippen LogP contribution in [0.1, 0.15) is 18.4 Å². The van der Waals surface area contributed by atoms with Crippen molar-refractivity contribution in [1.82, 2.24) is 9.97 Å². The Morgan fingerprint density at radius 2 is 2.03 bits per heavy atom. The molecule has 1 aliphatic rings. The van der Waals surface area contributed by atoms with Crippen LogP contribution in [0.25, 0.3) is 11.3 Å². The fourth-order valence-corrected chi connectivity index (χ4v) is 4.29. The number of carbonyl (C=O) groups is 1. The molecular weight excluding hydrogens is 406 g/mol. The van der Waals surface area contributed by atoms with Gasteiger partial charge in [-0.1, -0.05) is 29.8 Å². The Hall–Kier alpha value is -2.95. The van der Waals surface area contributed by atoms with Crippen molar-refractivity contribution in [2.75, 3.05) is 23.3 Å². The normalized spacial score (nSPS) is 14.4. The second-order valence-electron chi connectivity index (χ2n) is 6.79. The molecule has 29 heavy (non-hydrogen) atoms. The SMILES string of the molecule is N#Cc1ccc(N2CCC(C(=O)Nc3nc(-c4ccccc4Cl)cs3)CC2)nc1. The van der Waals surface area contributed by atoms with Gasteiger partial charge in [0.15, 0.2) is 5.13 Å². The van der Waals surface area contributed by atoms with Crippen LogP contribution in [0, 0.1) is 17.2 Å². The average molecular weight is 424 g/mol. The van der Waals surface area contributed by atoms with E-state index in [2.05, 4.69) is 26.3 Å². The number of benzene rings is 1. The van der Waals surface area contributed by atoms with Crippen LogP contribution in [0.15, 0.2) is 48.0 Å². The highest BCUT2D eigenvalue weighted by Crippen LogP contribution is 2.31. The van der Waals surface area contributed by atoms with Crippen molar-refractivity contribution >= 4 is 39.8 Å². The molecule has 1 aromatic carbocycles. The van der Waals surface area contributed by atoms with E-state index in [1.807, 2.05) is 35.7 Å². The minimum absolute atomic E-state index is 0.00232. The van der Waals surface area contributed by atoms with E-state index in [-0.39, 0.29) is 11.8 Å². The van der Waals surface area contributed by atoms with Crippen molar-refractivity contribution in [2.45, 2.75) is 12.8 Å². The molecule has 1 N–H and O–H groups in total. The van der Waals surface area contributed by atoms with E-state index < -0.39 is 0 Å². The van der Waals surface area contributed by atoms with Gasteiger partial charge < -0.3 is 10.2 Å². The molecule has 3 heterocycles. The molecular formula is C21H18ClN5OS. The summed E-state index contributed by atoms with van der Waals surface area (Å²) in [5.41, 5.74) is 2.16. The molecule has 0 spiro atoms. The number of halogens is 1. The molecule has 0 saturated carbocycles. The Bertz CT molecular complexity index is 1050. The van der Waals surface area contributed by atoms with Gasteiger partial charge in [0.25, 0.3) is 0 Å². The molecule has 1 fully saturated rings. The zero-order valence-electron chi connectivity index (χ0n) is 15.5. The molecule has 0 radical (unpaired) electrons. The van der Waals surface area contributed by atoms with Crippen molar-refractivity contribution in [3.05, 3.63) is 58.6 Å². The standard InChI is InChI=1S/C21H18ClN5OS/c22-17-4-2-1-3-16(17)18-13-29-21(25-18)26-20(28)15-7-9-27(10-8-15)19-6-5-14(11-23)12-24-19/h1-6,12-13,15H,7-10H2,(H,25,26,28). The van der Waals surface area contributed by atoms with E-state index in [1.54, 1.807) is 12.3 Å².